The number of halogens is 4. The van der Waals surface area contributed by atoms with E-state index < -0.39 is 17.6 Å². The summed E-state index contributed by atoms with van der Waals surface area (Å²) in [6.07, 6.45) is -3.15. The third-order valence-electron chi connectivity index (χ3n) is 2.68. The van der Waals surface area contributed by atoms with E-state index in [1.165, 1.54) is 24.4 Å². The lowest BCUT2D eigenvalue weighted by molar-refractivity contribution is -0.137. The Hall–Kier alpha value is -2.15. The number of hydrogen-bond acceptors (Lipinski definition) is 3. The van der Waals surface area contributed by atoms with Gasteiger partial charge in [-0.05, 0) is 31.3 Å². The molecule has 0 spiro atoms. The molecule has 0 radical (unpaired) electrons. The zero-order valence-electron chi connectivity index (χ0n) is 11.0. The SMILES string of the molecule is CNCc1ccnc(Oc2cccc(C(F)(F)F)c2)c1F. The van der Waals surface area contributed by atoms with Crippen LogP contribution >= 0.6 is 0 Å². The van der Waals surface area contributed by atoms with Gasteiger partial charge in [0.2, 0.25) is 0 Å². The van der Waals surface area contributed by atoms with Crippen molar-refractivity contribution in [2.45, 2.75) is 12.7 Å². The number of pyridine rings is 1. The highest BCUT2D eigenvalue weighted by molar-refractivity contribution is 5.34. The molecule has 0 bridgehead atoms. The third-order valence-corrected chi connectivity index (χ3v) is 2.68. The normalized spacial score (nSPS) is 11.5. The lowest BCUT2D eigenvalue weighted by Crippen LogP contribution is -2.08. The Kier molecular flexibility index (Phi) is 4.42. The Morgan fingerprint density at radius 2 is 2.00 bits per heavy atom. The fourth-order valence-corrected chi connectivity index (χ4v) is 1.71. The van der Waals surface area contributed by atoms with Gasteiger partial charge in [0.1, 0.15) is 5.75 Å². The first kappa shape index (κ1) is 15.2. The summed E-state index contributed by atoms with van der Waals surface area (Å²) in [7, 11) is 1.65. The van der Waals surface area contributed by atoms with Crippen LogP contribution < -0.4 is 10.1 Å². The first-order chi connectivity index (χ1) is 9.91. The molecule has 2 rings (SSSR count). The second-order valence-corrected chi connectivity index (χ2v) is 4.25. The second kappa shape index (κ2) is 6.09. The van der Waals surface area contributed by atoms with E-state index >= 15 is 0 Å². The van der Waals surface area contributed by atoms with E-state index in [1.54, 1.807) is 7.05 Å². The minimum atomic E-state index is -4.49. The number of benzene rings is 1. The molecule has 7 heteroatoms. The van der Waals surface area contributed by atoms with Gasteiger partial charge in [0.25, 0.3) is 5.88 Å². The van der Waals surface area contributed by atoms with E-state index in [1.807, 2.05) is 0 Å². The van der Waals surface area contributed by atoms with Gasteiger partial charge in [0.05, 0.1) is 5.56 Å². The van der Waals surface area contributed by atoms with Crippen molar-refractivity contribution in [3.05, 3.63) is 53.5 Å². The quantitative estimate of drug-likeness (QED) is 0.873. The van der Waals surface area contributed by atoms with Gasteiger partial charge in [-0.2, -0.15) is 13.2 Å². The molecule has 3 nitrogen and oxygen atoms in total. The summed E-state index contributed by atoms with van der Waals surface area (Å²) in [5, 5.41) is 2.77. The van der Waals surface area contributed by atoms with E-state index in [4.69, 9.17) is 4.74 Å². The molecule has 0 amide bonds. The molecular formula is C14H12F4N2O. The van der Waals surface area contributed by atoms with Crippen molar-refractivity contribution in [1.29, 1.82) is 0 Å². The molecule has 21 heavy (non-hydrogen) atoms. The molecule has 0 saturated carbocycles. The van der Waals surface area contributed by atoms with E-state index in [-0.39, 0.29) is 18.2 Å². The Bertz CT molecular complexity index is 629. The number of nitrogens with zero attached hydrogens (tertiary/aromatic N) is 1. The maximum absolute atomic E-state index is 14.0. The Morgan fingerprint density at radius 3 is 2.67 bits per heavy atom. The second-order valence-electron chi connectivity index (χ2n) is 4.25. The molecule has 0 aliphatic carbocycles. The van der Waals surface area contributed by atoms with E-state index in [0.29, 0.717) is 5.56 Å². The maximum atomic E-state index is 14.0. The van der Waals surface area contributed by atoms with E-state index in [9.17, 15) is 17.6 Å². The minimum Gasteiger partial charge on any atom is -0.436 e. The first-order valence-electron chi connectivity index (χ1n) is 6.05. The zero-order chi connectivity index (χ0) is 15.5. The van der Waals surface area contributed by atoms with Crippen molar-refractivity contribution in [2.24, 2.45) is 0 Å². The van der Waals surface area contributed by atoms with Gasteiger partial charge in [0, 0.05) is 18.3 Å². The molecule has 112 valence electrons. The monoisotopic (exact) mass is 300 g/mol. The smallest absolute Gasteiger partial charge is 0.416 e. The van der Waals surface area contributed by atoms with Gasteiger partial charge in [-0.3, -0.25) is 0 Å². The lowest BCUT2D eigenvalue weighted by atomic mass is 10.2. The minimum absolute atomic E-state index is 0.127. The van der Waals surface area contributed by atoms with Gasteiger partial charge in [-0.15, -0.1) is 0 Å². The number of rotatable bonds is 4. The number of alkyl halides is 3. The van der Waals surface area contributed by atoms with Crippen LogP contribution in [0.3, 0.4) is 0 Å². The first-order valence-corrected chi connectivity index (χ1v) is 6.05. The van der Waals surface area contributed by atoms with Gasteiger partial charge in [0.15, 0.2) is 5.82 Å². The molecule has 0 unspecified atom stereocenters. The fraction of sp³-hybridized carbons (Fsp3) is 0.214. The zero-order valence-corrected chi connectivity index (χ0v) is 11.0. The molecule has 1 heterocycles. The summed E-state index contributed by atoms with van der Waals surface area (Å²) in [5.41, 5.74) is -0.554. The highest BCUT2D eigenvalue weighted by Crippen LogP contribution is 2.33. The number of hydrogen-bond donors (Lipinski definition) is 1. The predicted molar refractivity (Wildman–Crippen MR) is 68.5 cm³/mol. The fourth-order valence-electron chi connectivity index (χ4n) is 1.71. The Labute approximate surface area is 118 Å². The molecule has 0 saturated heterocycles. The van der Waals surface area contributed by atoms with Gasteiger partial charge < -0.3 is 10.1 Å². The summed E-state index contributed by atoms with van der Waals surface area (Å²) in [6, 6.07) is 5.67. The lowest BCUT2D eigenvalue weighted by Gasteiger charge is -2.11. The van der Waals surface area contributed by atoms with Crippen molar-refractivity contribution in [3.63, 3.8) is 0 Å². The van der Waals surface area contributed by atoms with Crippen molar-refractivity contribution in [3.8, 4) is 11.6 Å². The predicted octanol–water partition coefficient (Wildman–Crippen LogP) is 3.75. The van der Waals surface area contributed by atoms with Crippen molar-refractivity contribution < 1.29 is 22.3 Å². The van der Waals surface area contributed by atoms with Gasteiger partial charge >= 0.3 is 6.18 Å². The molecule has 0 aliphatic heterocycles. The van der Waals surface area contributed by atoms with Crippen LogP contribution in [-0.4, -0.2) is 12.0 Å². The van der Waals surface area contributed by atoms with E-state index in [0.717, 1.165) is 12.1 Å². The van der Waals surface area contributed by atoms with Gasteiger partial charge in [-0.1, -0.05) is 6.07 Å². The maximum Gasteiger partial charge on any atom is 0.416 e. The third kappa shape index (κ3) is 3.69. The van der Waals surface area contributed by atoms with Crippen LogP contribution in [-0.2, 0) is 12.7 Å². The number of aromatic nitrogens is 1. The van der Waals surface area contributed by atoms with Gasteiger partial charge in [-0.25, -0.2) is 9.37 Å². The molecule has 1 aromatic carbocycles. The summed E-state index contributed by atoms with van der Waals surface area (Å²) >= 11 is 0. The average Bonchev–Trinajstić information content (AvgIpc) is 2.43. The summed E-state index contributed by atoms with van der Waals surface area (Å²) < 4.78 is 56.9. The summed E-state index contributed by atoms with van der Waals surface area (Å²) in [4.78, 5) is 3.70. The molecule has 0 aliphatic rings. The van der Waals surface area contributed by atoms with Crippen molar-refractivity contribution in [2.75, 3.05) is 7.05 Å². The standard InChI is InChI=1S/C14H12F4N2O/c1-19-8-9-5-6-20-13(12(9)15)21-11-4-2-3-10(7-11)14(16,17)18/h2-7,19H,8H2,1H3. The molecule has 0 atom stereocenters. The average molecular weight is 300 g/mol. The topological polar surface area (TPSA) is 34.2 Å². The Balaban J connectivity index is 2.28. The van der Waals surface area contributed by atoms with Crippen molar-refractivity contribution >= 4 is 0 Å². The van der Waals surface area contributed by atoms with Crippen LogP contribution in [0.2, 0.25) is 0 Å². The Morgan fingerprint density at radius 1 is 1.24 bits per heavy atom. The van der Waals surface area contributed by atoms with Crippen LogP contribution in [0.4, 0.5) is 17.6 Å². The molecule has 1 aromatic heterocycles. The number of ether oxygens (including phenoxy) is 1. The van der Waals surface area contributed by atoms with Crippen LogP contribution in [0.5, 0.6) is 11.6 Å². The highest BCUT2D eigenvalue weighted by Gasteiger charge is 2.30. The molecular weight excluding hydrogens is 288 g/mol. The number of nitrogens with one attached hydrogen (secondary N) is 1. The summed E-state index contributed by atoms with van der Waals surface area (Å²) in [5.74, 6) is -1.19. The van der Waals surface area contributed by atoms with Crippen LogP contribution in [0, 0.1) is 5.82 Å². The van der Waals surface area contributed by atoms with E-state index in [2.05, 4.69) is 10.3 Å². The summed E-state index contributed by atoms with van der Waals surface area (Å²) in [6.45, 7) is 0.257. The van der Waals surface area contributed by atoms with Crippen LogP contribution in [0.25, 0.3) is 0 Å². The molecule has 0 fully saturated rings. The van der Waals surface area contributed by atoms with Crippen molar-refractivity contribution in [1.82, 2.24) is 10.3 Å². The molecule has 1 N–H and O–H groups in total. The van der Waals surface area contributed by atoms with Crippen LogP contribution in [0.15, 0.2) is 36.5 Å². The highest BCUT2D eigenvalue weighted by atomic mass is 19.4. The van der Waals surface area contributed by atoms with Crippen LogP contribution in [0.1, 0.15) is 11.1 Å². The largest absolute Gasteiger partial charge is 0.436 e. The molecule has 2 aromatic rings.